The van der Waals surface area contributed by atoms with Crippen molar-refractivity contribution >= 4 is 5.97 Å². The van der Waals surface area contributed by atoms with E-state index < -0.39 is 57.2 Å². The van der Waals surface area contributed by atoms with E-state index in [1.807, 2.05) is 6.92 Å². The molecule has 5 aliphatic carbocycles. The van der Waals surface area contributed by atoms with Gasteiger partial charge in [-0.1, -0.05) is 60.1 Å². The molecule has 0 aromatic rings. The Morgan fingerprint density at radius 2 is 1.58 bits per heavy atom. The second-order valence-corrected chi connectivity index (χ2v) is 14.7. The van der Waals surface area contributed by atoms with Gasteiger partial charge in [-0.05, 0) is 73.5 Å². The van der Waals surface area contributed by atoms with Gasteiger partial charge in [-0.2, -0.15) is 0 Å². The molecule has 4 saturated carbocycles. The third-order valence-electron chi connectivity index (χ3n) is 13.6. The first-order valence-electron chi connectivity index (χ1n) is 14.1. The van der Waals surface area contributed by atoms with E-state index in [1.165, 1.54) is 0 Å². The van der Waals surface area contributed by atoms with Gasteiger partial charge in [0.05, 0.1) is 5.41 Å². The fraction of sp³-hybridized carbons (Fsp3) is 0.900. The van der Waals surface area contributed by atoms with Crippen LogP contribution in [0.4, 0.5) is 13.2 Å². The summed E-state index contributed by atoms with van der Waals surface area (Å²) in [6, 6.07) is 0. The fourth-order valence-corrected chi connectivity index (χ4v) is 10.7. The first kappa shape index (κ1) is 26.6. The molecule has 204 valence electrons. The van der Waals surface area contributed by atoms with Crippen molar-refractivity contribution in [3.8, 4) is 0 Å². The van der Waals surface area contributed by atoms with E-state index in [1.54, 1.807) is 20.8 Å². The van der Waals surface area contributed by atoms with Gasteiger partial charge in [-0.25, -0.2) is 13.2 Å². The summed E-state index contributed by atoms with van der Waals surface area (Å²) in [4.78, 5) is 12.8. The molecule has 3 nitrogen and oxygen atoms in total. The van der Waals surface area contributed by atoms with Gasteiger partial charge < -0.3 is 10.2 Å². The standard InChI is InChI=1S/C30H45F3O3/c1-17-10-11-28(23(34)35)14-13-26(6)19(22(28)18(17)2)8-9-20-25(5)12-15-30(33,36)24(3,4)21(25)16-29(31,32)27(20,26)7/h8,17-18,20-22,36H,9-16H2,1-7H3,(H,34,35). The van der Waals surface area contributed by atoms with Crippen molar-refractivity contribution < 1.29 is 28.2 Å². The molecule has 0 aliphatic heterocycles. The molecule has 5 aliphatic rings. The van der Waals surface area contributed by atoms with Gasteiger partial charge in [-0.3, -0.25) is 4.79 Å². The van der Waals surface area contributed by atoms with E-state index in [9.17, 15) is 15.0 Å². The van der Waals surface area contributed by atoms with Gasteiger partial charge in [0.1, 0.15) is 0 Å². The summed E-state index contributed by atoms with van der Waals surface area (Å²) in [5.41, 5.74) is -3.97. The molecular weight excluding hydrogens is 465 g/mol. The zero-order chi connectivity index (χ0) is 26.9. The van der Waals surface area contributed by atoms with Gasteiger partial charge in [-0.15, -0.1) is 0 Å². The van der Waals surface area contributed by atoms with Crippen LogP contribution in [0.5, 0.6) is 0 Å². The minimum absolute atomic E-state index is 0.0439. The van der Waals surface area contributed by atoms with E-state index in [0.717, 1.165) is 12.0 Å². The number of alkyl halides is 3. The monoisotopic (exact) mass is 510 g/mol. The summed E-state index contributed by atoms with van der Waals surface area (Å²) in [5.74, 6) is -7.15. The fourth-order valence-electron chi connectivity index (χ4n) is 10.7. The molecule has 4 fully saturated rings. The number of hydrogen-bond acceptors (Lipinski definition) is 2. The van der Waals surface area contributed by atoms with Crippen molar-refractivity contribution in [3.05, 3.63) is 11.6 Å². The zero-order valence-corrected chi connectivity index (χ0v) is 23.1. The summed E-state index contributed by atoms with van der Waals surface area (Å²) in [5, 5.41) is 21.1. The lowest BCUT2D eigenvalue weighted by Gasteiger charge is -2.73. The Balaban J connectivity index is 1.69. The topological polar surface area (TPSA) is 57.5 Å². The number of aliphatic hydroxyl groups is 1. The van der Waals surface area contributed by atoms with Gasteiger partial charge in [0.2, 0.25) is 5.85 Å². The van der Waals surface area contributed by atoms with Crippen molar-refractivity contribution in [3.63, 3.8) is 0 Å². The summed E-state index contributed by atoms with van der Waals surface area (Å²) < 4.78 is 48.9. The minimum atomic E-state index is -3.08. The van der Waals surface area contributed by atoms with Crippen molar-refractivity contribution in [1.82, 2.24) is 0 Å². The number of carboxylic acids is 1. The van der Waals surface area contributed by atoms with E-state index in [2.05, 4.69) is 26.8 Å². The predicted octanol–water partition coefficient (Wildman–Crippen LogP) is 7.63. The quantitative estimate of drug-likeness (QED) is 0.357. The molecule has 5 rings (SSSR count). The number of halogens is 3. The number of rotatable bonds is 1. The number of carboxylic acid groups (broad SMARTS) is 1. The van der Waals surface area contributed by atoms with Crippen LogP contribution in [0.15, 0.2) is 11.6 Å². The second kappa shape index (κ2) is 7.33. The van der Waals surface area contributed by atoms with Crippen LogP contribution in [0.1, 0.15) is 99.8 Å². The SMILES string of the molecule is CC1CCC2(C(=O)O)CCC3(C)C(=CCC4C5(C)CCC(O)(F)C(C)(C)C5CC(F)(F)C43C)C2C1C. The van der Waals surface area contributed by atoms with E-state index in [0.29, 0.717) is 38.0 Å². The summed E-state index contributed by atoms with van der Waals surface area (Å²) >= 11 is 0. The van der Waals surface area contributed by atoms with Crippen LogP contribution in [0, 0.1) is 56.7 Å². The van der Waals surface area contributed by atoms with Crippen LogP contribution >= 0.6 is 0 Å². The Morgan fingerprint density at radius 3 is 2.19 bits per heavy atom. The molecular formula is C30H45F3O3. The van der Waals surface area contributed by atoms with Crippen LogP contribution in [-0.2, 0) is 4.79 Å². The highest BCUT2D eigenvalue weighted by molar-refractivity contribution is 5.76. The minimum Gasteiger partial charge on any atom is -0.481 e. The molecule has 0 aromatic heterocycles. The molecule has 0 aromatic carbocycles. The summed E-state index contributed by atoms with van der Waals surface area (Å²) in [6.45, 7) is 13.3. The molecule has 0 radical (unpaired) electrons. The van der Waals surface area contributed by atoms with Crippen LogP contribution in [0.3, 0.4) is 0 Å². The highest BCUT2D eigenvalue weighted by atomic mass is 19.3. The van der Waals surface area contributed by atoms with E-state index in [-0.39, 0.29) is 24.2 Å². The molecule has 0 saturated heterocycles. The predicted molar refractivity (Wildman–Crippen MR) is 133 cm³/mol. The molecule has 2 N–H and O–H groups in total. The molecule has 0 spiro atoms. The van der Waals surface area contributed by atoms with Crippen molar-refractivity contribution in [2.45, 2.75) is 112 Å². The lowest BCUT2D eigenvalue weighted by Crippen LogP contribution is -2.72. The van der Waals surface area contributed by atoms with Crippen molar-refractivity contribution in [2.24, 2.45) is 56.7 Å². The van der Waals surface area contributed by atoms with E-state index in [4.69, 9.17) is 0 Å². The second-order valence-electron chi connectivity index (χ2n) is 14.7. The Kier molecular flexibility index (Phi) is 5.41. The highest BCUT2D eigenvalue weighted by Gasteiger charge is 2.78. The first-order valence-corrected chi connectivity index (χ1v) is 14.1. The van der Waals surface area contributed by atoms with Crippen molar-refractivity contribution in [1.29, 1.82) is 0 Å². The third kappa shape index (κ3) is 2.78. The first-order chi connectivity index (χ1) is 16.3. The molecule has 10 atom stereocenters. The third-order valence-corrected chi connectivity index (χ3v) is 13.6. The van der Waals surface area contributed by atoms with E-state index >= 15 is 13.2 Å². The number of aliphatic carboxylic acids is 1. The molecule has 0 bridgehead atoms. The maximum atomic E-state index is 16.8. The Morgan fingerprint density at radius 1 is 0.944 bits per heavy atom. The van der Waals surface area contributed by atoms with Crippen molar-refractivity contribution in [2.75, 3.05) is 0 Å². The number of hydrogen-bond donors (Lipinski definition) is 2. The van der Waals surface area contributed by atoms with Crippen LogP contribution in [-0.4, -0.2) is 28.0 Å². The van der Waals surface area contributed by atoms with Crippen LogP contribution in [0.25, 0.3) is 0 Å². The maximum Gasteiger partial charge on any atom is 0.310 e. The normalized spacial score (nSPS) is 55.3. The molecule has 6 heteroatoms. The zero-order valence-electron chi connectivity index (χ0n) is 23.1. The largest absolute Gasteiger partial charge is 0.481 e. The highest BCUT2D eigenvalue weighted by Crippen LogP contribution is 2.79. The van der Waals surface area contributed by atoms with Gasteiger partial charge >= 0.3 is 5.97 Å². The van der Waals surface area contributed by atoms with Crippen LogP contribution in [0.2, 0.25) is 0 Å². The number of allylic oxidation sites excluding steroid dienone is 2. The molecule has 0 heterocycles. The number of fused-ring (bicyclic) bond motifs is 7. The lowest BCUT2D eigenvalue weighted by molar-refractivity contribution is -0.331. The number of carbonyl (C=O) groups is 1. The lowest BCUT2D eigenvalue weighted by atomic mass is 9.32. The Bertz CT molecular complexity index is 1000. The summed E-state index contributed by atoms with van der Waals surface area (Å²) in [6.07, 6.45) is 4.80. The average Bonchev–Trinajstić information content (AvgIpc) is 2.77. The average molecular weight is 511 g/mol. The Labute approximate surface area is 214 Å². The van der Waals surface area contributed by atoms with Gasteiger partial charge in [0.15, 0.2) is 0 Å². The maximum absolute atomic E-state index is 16.8. The molecule has 36 heavy (non-hydrogen) atoms. The molecule has 10 unspecified atom stereocenters. The van der Waals surface area contributed by atoms with Gasteiger partial charge in [0, 0.05) is 29.1 Å². The van der Waals surface area contributed by atoms with Crippen LogP contribution < -0.4 is 0 Å². The summed E-state index contributed by atoms with van der Waals surface area (Å²) in [7, 11) is 0. The smallest absolute Gasteiger partial charge is 0.310 e. The molecule has 0 amide bonds. The van der Waals surface area contributed by atoms with Gasteiger partial charge in [0.25, 0.3) is 5.92 Å². The Hall–Kier alpha value is -1.04.